The third-order valence-corrected chi connectivity index (χ3v) is 3.12. The fourth-order valence-electron chi connectivity index (χ4n) is 1.97. The van der Waals surface area contributed by atoms with Crippen LogP contribution in [0.4, 0.5) is 19.3 Å². The maximum absolute atomic E-state index is 13.2. The summed E-state index contributed by atoms with van der Waals surface area (Å²) >= 11 is 0. The summed E-state index contributed by atoms with van der Waals surface area (Å²) in [5.41, 5.74) is -0.732. The van der Waals surface area contributed by atoms with Gasteiger partial charge in [0.05, 0.1) is 11.3 Å². The number of aromatic carboxylic acids is 1. The summed E-state index contributed by atoms with van der Waals surface area (Å²) in [4.78, 5) is 24.5. The van der Waals surface area contributed by atoms with Crippen LogP contribution in [0.5, 0.6) is 0 Å². The van der Waals surface area contributed by atoms with Crippen LogP contribution in [0.2, 0.25) is 0 Å². The van der Waals surface area contributed by atoms with E-state index in [0.29, 0.717) is 18.7 Å². The Morgan fingerprint density at radius 3 is 2.45 bits per heavy atom. The highest BCUT2D eigenvalue weighted by Gasteiger charge is 2.32. The zero-order chi connectivity index (χ0) is 14.9. The van der Waals surface area contributed by atoms with Crippen molar-refractivity contribution in [3.05, 3.63) is 29.3 Å². The van der Waals surface area contributed by atoms with Gasteiger partial charge in [-0.1, -0.05) is 0 Å². The number of carboxylic acid groups (broad SMARTS) is 1. The fraction of sp³-hybridized carbons (Fsp3) is 0.385. The molecule has 0 spiro atoms. The minimum absolute atomic E-state index is 0.138. The molecule has 5 nitrogen and oxygen atoms in total. The molecule has 20 heavy (non-hydrogen) atoms. The van der Waals surface area contributed by atoms with Gasteiger partial charge in [0.1, 0.15) is 0 Å². The van der Waals surface area contributed by atoms with Crippen molar-refractivity contribution in [2.45, 2.75) is 25.8 Å². The minimum Gasteiger partial charge on any atom is -0.478 e. The van der Waals surface area contributed by atoms with Crippen LogP contribution in [0.25, 0.3) is 0 Å². The van der Waals surface area contributed by atoms with Gasteiger partial charge in [-0.15, -0.1) is 0 Å². The maximum atomic E-state index is 13.2. The summed E-state index contributed by atoms with van der Waals surface area (Å²) < 4.78 is 26.3. The first kappa shape index (κ1) is 14.2. The Kier molecular flexibility index (Phi) is 3.87. The molecule has 1 aromatic rings. The third kappa shape index (κ3) is 2.87. The van der Waals surface area contributed by atoms with Gasteiger partial charge >= 0.3 is 12.0 Å². The lowest BCUT2D eigenvalue weighted by Crippen LogP contribution is -2.36. The van der Waals surface area contributed by atoms with E-state index in [0.717, 1.165) is 12.8 Å². The highest BCUT2D eigenvalue weighted by atomic mass is 19.2. The van der Waals surface area contributed by atoms with Crippen molar-refractivity contribution in [2.75, 3.05) is 11.9 Å². The molecule has 0 unspecified atom stereocenters. The topological polar surface area (TPSA) is 69.6 Å². The molecule has 0 aliphatic heterocycles. The predicted octanol–water partition coefficient (Wildman–Crippen LogP) is 2.68. The van der Waals surface area contributed by atoms with E-state index in [1.165, 1.54) is 4.90 Å². The summed E-state index contributed by atoms with van der Waals surface area (Å²) in [6.07, 6.45) is 1.79. The number of amides is 2. The first-order valence-corrected chi connectivity index (χ1v) is 6.24. The van der Waals surface area contributed by atoms with Gasteiger partial charge in [0.15, 0.2) is 11.6 Å². The smallest absolute Gasteiger partial charge is 0.337 e. The first-order chi connectivity index (χ1) is 9.43. The van der Waals surface area contributed by atoms with Crippen LogP contribution < -0.4 is 5.32 Å². The first-order valence-electron chi connectivity index (χ1n) is 6.24. The lowest BCUT2D eigenvalue weighted by atomic mass is 10.1. The van der Waals surface area contributed by atoms with Crippen molar-refractivity contribution in [1.29, 1.82) is 0 Å². The largest absolute Gasteiger partial charge is 0.478 e. The van der Waals surface area contributed by atoms with Gasteiger partial charge < -0.3 is 15.3 Å². The number of halogens is 2. The molecule has 1 aromatic carbocycles. The molecule has 0 radical (unpaired) electrons. The van der Waals surface area contributed by atoms with Crippen LogP contribution in [0.1, 0.15) is 30.1 Å². The van der Waals surface area contributed by atoms with Crippen LogP contribution >= 0.6 is 0 Å². The lowest BCUT2D eigenvalue weighted by Gasteiger charge is -2.21. The van der Waals surface area contributed by atoms with Gasteiger partial charge in [0.2, 0.25) is 0 Å². The second-order valence-corrected chi connectivity index (χ2v) is 4.56. The molecule has 0 aromatic heterocycles. The molecule has 108 valence electrons. The lowest BCUT2D eigenvalue weighted by molar-refractivity contribution is 0.0697. The molecule has 2 N–H and O–H groups in total. The molecule has 2 rings (SSSR count). The predicted molar refractivity (Wildman–Crippen MR) is 67.7 cm³/mol. The Labute approximate surface area is 114 Å². The van der Waals surface area contributed by atoms with E-state index >= 15 is 0 Å². The number of nitrogens with one attached hydrogen (secondary N) is 1. The van der Waals surface area contributed by atoms with Crippen molar-refractivity contribution in [1.82, 2.24) is 4.90 Å². The average Bonchev–Trinajstić information content (AvgIpc) is 3.18. The Bertz CT molecular complexity index is 559. The molecule has 1 saturated carbocycles. The van der Waals surface area contributed by atoms with Gasteiger partial charge in [-0.2, -0.15) is 0 Å². The maximum Gasteiger partial charge on any atom is 0.337 e. The number of anilines is 1. The highest BCUT2D eigenvalue weighted by molar-refractivity contribution is 6.00. The highest BCUT2D eigenvalue weighted by Crippen LogP contribution is 2.28. The second-order valence-electron chi connectivity index (χ2n) is 4.56. The Morgan fingerprint density at radius 2 is 1.95 bits per heavy atom. The number of benzene rings is 1. The molecular weight excluding hydrogens is 270 g/mol. The zero-order valence-corrected chi connectivity index (χ0v) is 10.8. The number of carbonyl (C=O) groups excluding carboxylic acids is 1. The van der Waals surface area contributed by atoms with E-state index in [4.69, 9.17) is 5.11 Å². The fourth-order valence-corrected chi connectivity index (χ4v) is 1.97. The number of carboxylic acids is 1. The Hall–Kier alpha value is -2.18. The van der Waals surface area contributed by atoms with Crippen molar-refractivity contribution in [3.8, 4) is 0 Å². The van der Waals surface area contributed by atoms with E-state index in [1.807, 2.05) is 0 Å². The molecule has 0 atom stereocenters. The quantitative estimate of drug-likeness (QED) is 0.893. The number of urea groups is 1. The molecule has 1 fully saturated rings. The van der Waals surface area contributed by atoms with Gasteiger partial charge in [0, 0.05) is 18.7 Å². The summed E-state index contributed by atoms with van der Waals surface area (Å²) in [5.74, 6) is -3.91. The van der Waals surface area contributed by atoms with Gasteiger partial charge in [0.25, 0.3) is 0 Å². The molecule has 7 heteroatoms. The second kappa shape index (κ2) is 5.44. The van der Waals surface area contributed by atoms with Crippen molar-refractivity contribution >= 4 is 17.7 Å². The SMILES string of the molecule is CCN(C(=O)Nc1cc(F)c(F)cc1C(=O)O)C1CC1. The van der Waals surface area contributed by atoms with Crippen LogP contribution in [-0.4, -0.2) is 34.6 Å². The minimum atomic E-state index is -1.44. The summed E-state index contributed by atoms with van der Waals surface area (Å²) in [6, 6.07) is 0.861. The summed E-state index contributed by atoms with van der Waals surface area (Å²) in [7, 11) is 0. The Balaban J connectivity index is 2.25. The van der Waals surface area contributed by atoms with E-state index < -0.39 is 29.2 Å². The zero-order valence-electron chi connectivity index (χ0n) is 10.8. The number of rotatable bonds is 4. The van der Waals surface area contributed by atoms with Gasteiger partial charge in [-0.05, 0) is 25.8 Å². The average molecular weight is 284 g/mol. The monoisotopic (exact) mass is 284 g/mol. The molecule has 1 aliphatic rings. The van der Waals surface area contributed by atoms with Crippen molar-refractivity contribution in [3.63, 3.8) is 0 Å². The third-order valence-electron chi connectivity index (χ3n) is 3.12. The van der Waals surface area contributed by atoms with Crippen molar-refractivity contribution in [2.24, 2.45) is 0 Å². The number of carbonyl (C=O) groups is 2. The normalized spacial score (nSPS) is 13.9. The van der Waals surface area contributed by atoms with Crippen LogP contribution in [0.3, 0.4) is 0 Å². The number of hydrogen-bond acceptors (Lipinski definition) is 2. The molecule has 1 aliphatic carbocycles. The van der Waals surface area contributed by atoms with E-state index in [9.17, 15) is 18.4 Å². The van der Waals surface area contributed by atoms with E-state index in [2.05, 4.69) is 5.32 Å². The summed E-state index contributed by atoms with van der Waals surface area (Å²) in [6.45, 7) is 2.25. The molecule has 0 bridgehead atoms. The molecule has 0 saturated heterocycles. The van der Waals surface area contributed by atoms with Gasteiger partial charge in [-0.25, -0.2) is 18.4 Å². The number of nitrogens with zero attached hydrogens (tertiary/aromatic N) is 1. The van der Waals surface area contributed by atoms with Gasteiger partial charge in [-0.3, -0.25) is 0 Å². The van der Waals surface area contributed by atoms with Crippen molar-refractivity contribution < 1.29 is 23.5 Å². The van der Waals surface area contributed by atoms with Crippen LogP contribution in [-0.2, 0) is 0 Å². The summed E-state index contributed by atoms with van der Waals surface area (Å²) in [5, 5.41) is 11.3. The molecule has 2 amide bonds. The number of hydrogen-bond donors (Lipinski definition) is 2. The molecular formula is C13H14F2N2O3. The Morgan fingerprint density at radius 1 is 1.35 bits per heavy atom. The van der Waals surface area contributed by atoms with Crippen LogP contribution in [0.15, 0.2) is 12.1 Å². The standard InChI is InChI=1S/C13H14F2N2O3/c1-2-17(7-3-4-7)13(20)16-11-6-10(15)9(14)5-8(11)12(18)19/h5-7H,2-4H2,1H3,(H,16,20)(H,18,19). The molecule has 0 heterocycles. The van der Waals surface area contributed by atoms with E-state index in [1.54, 1.807) is 6.92 Å². The van der Waals surface area contributed by atoms with E-state index in [-0.39, 0.29) is 11.7 Å². The van der Waals surface area contributed by atoms with Crippen LogP contribution in [0, 0.1) is 11.6 Å².